The second-order valence-corrected chi connectivity index (χ2v) is 5.38. The zero-order chi connectivity index (χ0) is 13.8. The maximum Gasteiger partial charge on any atom is 0.188 e. The highest BCUT2D eigenvalue weighted by atomic mass is 16.5. The van der Waals surface area contributed by atoms with E-state index in [0.717, 1.165) is 12.0 Å². The number of ether oxygens (including phenoxy) is 1. The number of allylic oxidation sites excluding steroid dienone is 1. The molecule has 0 spiro atoms. The average Bonchev–Trinajstić information content (AvgIpc) is 2.34. The van der Waals surface area contributed by atoms with E-state index in [2.05, 4.69) is 27.4 Å². The van der Waals surface area contributed by atoms with Gasteiger partial charge < -0.3 is 4.74 Å². The van der Waals surface area contributed by atoms with Gasteiger partial charge in [-0.1, -0.05) is 40.3 Å². The Hall–Kier alpha value is -1.57. The van der Waals surface area contributed by atoms with Gasteiger partial charge in [0.2, 0.25) is 0 Å². The normalized spacial score (nSPS) is 11.1. The van der Waals surface area contributed by atoms with E-state index < -0.39 is 0 Å². The lowest BCUT2D eigenvalue weighted by atomic mass is 9.85. The summed E-state index contributed by atoms with van der Waals surface area (Å²) in [4.78, 5) is 11.9. The molecule has 0 aliphatic carbocycles. The van der Waals surface area contributed by atoms with Crippen molar-refractivity contribution >= 4 is 5.78 Å². The van der Waals surface area contributed by atoms with Crippen molar-refractivity contribution in [2.24, 2.45) is 0 Å². The third-order valence-corrected chi connectivity index (χ3v) is 2.76. The van der Waals surface area contributed by atoms with E-state index in [4.69, 9.17) is 4.74 Å². The molecule has 0 aromatic heterocycles. The van der Waals surface area contributed by atoms with Gasteiger partial charge in [0.05, 0.1) is 12.2 Å². The summed E-state index contributed by atoms with van der Waals surface area (Å²) in [5.41, 5.74) is 1.74. The molecule has 0 fully saturated rings. The van der Waals surface area contributed by atoms with Gasteiger partial charge in [0, 0.05) is 0 Å². The predicted octanol–water partition coefficient (Wildman–Crippen LogP) is 4.14. The molecule has 1 aromatic carbocycles. The number of carbonyl (C=O) groups is 1. The first-order chi connectivity index (χ1) is 8.40. The minimum Gasteiger partial charge on any atom is -0.493 e. The van der Waals surface area contributed by atoms with Crippen molar-refractivity contribution in [2.75, 3.05) is 6.61 Å². The molecule has 0 saturated heterocycles. The van der Waals surface area contributed by atoms with Gasteiger partial charge in [-0.3, -0.25) is 4.79 Å². The molecule has 0 heterocycles. The molecule has 0 radical (unpaired) electrons. The Morgan fingerprint density at radius 3 is 2.56 bits per heavy atom. The van der Waals surface area contributed by atoms with Crippen molar-refractivity contribution < 1.29 is 9.53 Å². The van der Waals surface area contributed by atoms with Crippen molar-refractivity contribution in [3.63, 3.8) is 0 Å². The minimum atomic E-state index is -0.0906. The maximum atomic E-state index is 11.9. The molecule has 0 aliphatic heterocycles. The van der Waals surface area contributed by atoms with Gasteiger partial charge in [-0.15, -0.1) is 0 Å². The largest absolute Gasteiger partial charge is 0.493 e. The van der Waals surface area contributed by atoms with Crippen molar-refractivity contribution in [3.05, 3.63) is 42.0 Å². The first kappa shape index (κ1) is 14.5. The van der Waals surface area contributed by atoms with Gasteiger partial charge in [0.1, 0.15) is 5.75 Å². The molecule has 0 aliphatic rings. The maximum absolute atomic E-state index is 11.9. The number of hydrogen-bond acceptors (Lipinski definition) is 2. The van der Waals surface area contributed by atoms with Crippen LogP contribution in [-0.4, -0.2) is 12.4 Å². The van der Waals surface area contributed by atoms with E-state index in [1.807, 2.05) is 25.1 Å². The van der Waals surface area contributed by atoms with Crippen LogP contribution >= 0.6 is 0 Å². The first-order valence-electron chi connectivity index (χ1n) is 6.34. The zero-order valence-electron chi connectivity index (χ0n) is 11.7. The molecule has 2 heteroatoms. The van der Waals surface area contributed by atoms with Crippen LogP contribution in [-0.2, 0) is 5.41 Å². The second kappa shape index (κ2) is 5.85. The molecule has 0 unspecified atom stereocenters. The van der Waals surface area contributed by atoms with Gasteiger partial charge in [-0.25, -0.2) is 0 Å². The van der Waals surface area contributed by atoms with E-state index in [1.54, 1.807) is 0 Å². The van der Waals surface area contributed by atoms with Crippen LogP contribution in [0.2, 0.25) is 0 Å². The van der Waals surface area contributed by atoms with Crippen LogP contribution in [0.1, 0.15) is 50.0 Å². The number of carbonyl (C=O) groups excluding carboxylic acids is 1. The zero-order valence-corrected chi connectivity index (χ0v) is 11.7. The Bertz CT molecular complexity index is 439. The Labute approximate surface area is 110 Å². The van der Waals surface area contributed by atoms with E-state index in [0.29, 0.717) is 17.9 Å². The van der Waals surface area contributed by atoms with E-state index in [-0.39, 0.29) is 11.2 Å². The van der Waals surface area contributed by atoms with Crippen LogP contribution in [0, 0.1) is 0 Å². The lowest BCUT2D eigenvalue weighted by Crippen LogP contribution is -2.13. The minimum absolute atomic E-state index is 0.0134. The van der Waals surface area contributed by atoms with Crippen LogP contribution in [0.4, 0.5) is 0 Å². The Morgan fingerprint density at radius 1 is 1.39 bits per heavy atom. The average molecular weight is 246 g/mol. The molecule has 98 valence electrons. The van der Waals surface area contributed by atoms with Crippen molar-refractivity contribution in [1.29, 1.82) is 0 Å². The van der Waals surface area contributed by atoms with Gasteiger partial charge in [0.25, 0.3) is 0 Å². The lowest BCUT2D eigenvalue weighted by Gasteiger charge is -2.20. The lowest BCUT2D eigenvalue weighted by molar-refractivity contribution is 0.104. The highest BCUT2D eigenvalue weighted by Gasteiger charge is 2.18. The molecule has 0 saturated carbocycles. The van der Waals surface area contributed by atoms with Gasteiger partial charge in [0.15, 0.2) is 5.78 Å². The first-order valence-corrected chi connectivity index (χ1v) is 6.34. The fraction of sp³-hybridized carbons (Fsp3) is 0.438. The molecular formula is C16H22O2. The van der Waals surface area contributed by atoms with Crippen molar-refractivity contribution in [1.82, 2.24) is 0 Å². The fourth-order valence-electron chi connectivity index (χ4n) is 1.64. The summed E-state index contributed by atoms with van der Waals surface area (Å²) >= 11 is 0. The SMILES string of the molecule is C=CC(=O)c1cc(C(C)(C)C)ccc1OCCC. The topological polar surface area (TPSA) is 26.3 Å². The number of rotatable bonds is 5. The van der Waals surface area contributed by atoms with Crippen LogP contribution < -0.4 is 4.74 Å². The Kier molecular flexibility index (Phi) is 4.71. The number of benzene rings is 1. The van der Waals surface area contributed by atoms with Crippen LogP contribution in [0.15, 0.2) is 30.9 Å². The quantitative estimate of drug-likeness (QED) is 0.576. The monoisotopic (exact) mass is 246 g/mol. The Morgan fingerprint density at radius 2 is 2.06 bits per heavy atom. The Balaban J connectivity index is 3.20. The number of ketones is 1. The molecule has 1 aromatic rings. The summed E-state index contributed by atoms with van der Waals surface area (Å²) in [7, 11) is 0. The van der Waals surface area contributed by atoms with Crippen LogP contribution in [0.25, 0.3) is 0 Å². The van der Waals surface area contributed by atoms with Crippen LogP contribution in [0.5, 0.6) is 5.75 Å². The summed E-state index contributed by atoms with van der Waals surface area (Å²) in [6.45, 7) is 12.6. The summed E-state index contributed by atoms with van der Waals surface area (Å²) < 4.78 is 5.61. The summed E-state index contributed by atoms with van der Waals surface area (Å²) in [6.07, 6.45) is 2.25. The third-order valence-electron chi connectivity index (χ3n) is 2.76. The molecule has 0 atom stereocenters. The second-order valence-electron chi connectivity index (χ2n) is 5.38. The highest BCUT2D eigenvalue weighted by molar-refractivity contribution is 6.06. The van der Waals surface area contributed by atoms with E-state index >= 15 is 0 Å². The molecule has 0 bridgehead atoms. The summed E-state index contributed by atoms with van der Waals surface area (Å²) in [5.74, 6) is 0.557. The third kappa shape index (κ3) is 3.46. The van der Waals surface area contributed by atoms with Crippen molar-refractivity contribution in [3.8, 4) is 5.75 Å². The van der Waals surface area contributed by atoms with Gasteiger partial charge in [-0.05, 0) is 35.6 Å². The molecule has 1 rings (SSSR count). The highest BCUT2D eigenvalue weighted by Crippen LogP contribution is 2.28. The predicted molar refractivity (Wildman–Crippen MR) is 75.5 cm³/mol. The summed E-state index contributed by atoms with van der Waals surface area (Å²) in [6, 6.07) is 5.81. The number of hydrogen-bond donors (Lipinski definition) is 0. The molecule has 18 heavy (non-hydrogen) atoms. The van der Waals surface area contributed by atoms with Gasteiger partial charge >= 0.3 is 0 Å². The molecule has 2 nitrogen and oxygen atoms in total. The summed E-state index contributed by atoms with van der Waals surface area (Å²) in [5, 5.41) is 0. The van der Waals surface area contributed by atoms with Crippen LogP contribution in [0.3, 0.4) is 0 Å². The standard InChI is InChI=1S/C16H22O2/c1-6-10-18-15-9-8-12(16(3,4)5)11-13(15)14(17)7-2/h7-9,11H,2,6,10H2,1,3-5H3. The molecular weight excluding hydrogens is 224 g/mol. The van der Waals surface area contributed by atoms with E-state index in [9.17, 15) is 4.79 Å². The van der Waals surface area contributed by atoms with Crippen molar-refractivity contribution in [2.45, 2.75) is 39.5 Å². The smallest absolute Gasteiger partial charge is 0.188 e. The molecule has 0 amide bonds. The van der Waals surface area contributed by atoms with E-state index in [1.165, 1.54) is 6.08 Å². The van der Waals surface area contributed by atoms with Gasteiger partial charge in [-0.2, -0.15) is 0 Å². The molecule has 0 N–H and O–H groups in total. The fourth-order valence-corrected chi connectivity index (χ4v) is 1.64.